The fraction of sp³-hybridized carbons (Fsp3) is 0.391. The largest absolute Gasteiger partial charge is 0.497 e. The maximum Gasteiger partial charge on any atom is 0.190 e. The first-order valence-corrected chi connectivity index (χ1v) is 10.2. The second-order valence-electron chi connectivity index (χ2n) is 7.03. The highest BCUT2D eigenvalue weighted by atomic mass is 16.5. The number of benzene rings is 2. The van der Waals surface area contributed by atoms with E-state index >= 15 is 0 Å². The number of imidazole rings is 1. The maximum atomic E-state index is 5.20. The molecule has 6 nitrogen and oxygen atoms in total. The van der Waals surface area contributed by atoms with Gasteiger partial charge >= 0.3 is 0 Å². The van der Waals surface area contributed by atoms with E-state index in [1.165, 1.54) is 11.1 Å². The van der Waals surface area contributed by atoms with E-state index in [1.807, 2.05) is 25.2 Å². The van der Waals surface area contributed by atoms with E-state index in [0.717, 1.165) is 61.9 Å². The van der Waals surface area contributed by atoms with Gasteiger partial charge in [-0.1, -0.05) is 24.3 Å². The molecular formula is C23H31N5O. The summed E-state index contributed by atoms with van der Waals surface area (Å²) in [5.74, 6) is 2.81. The van der Waals surface area contributed by atoms with Gasteiger partial charge in [0.05, 0.1) is 18.1 Å². The molecule has 0 saturated heterocycles. The van der Waals surface area contributed by atoms with Gasteiger partial charge in [0.25, 0.3) is 0 Å². The number of aryl methyl sites for hydroxylation is 3. The van der Waals surface area contributed by atoms with Crippen LogP contribution in [0.15, 0.2) is 53.5 Å². The van der Waals surface area contributed by atoms with Crippen molar-refractivity contribution >= 4 is 17.0 Å². The molecule has 2 N–H and O–H groups in total. The number of hydrogen-bond donors (Lipinski definition) is 2. The third-order valence-electron chi connectivity index (χ3n) is 5.01. The lowest BCUT2D eigenvalue weighted by molar-refractivity contribution is 0.414. The standard InChI is InChI=1S/C23H31N5O/c1-18-27-21-9-4-5-10-22(21)28(18)17-7-16-26-23(24-2)25-15-6-8-19-11-13-20(29-3)14-12-19/h4-5,9-14H,6-8,15-17H2,1-3H3,(H2,24,25,26). The Bertz CT molecular complexity index is 930. The van der Waals surface area contributed by atoms with Crippen molar-refractivity contribution in [2.24, 2.45) is 4.99 Å². The van der Waals surface area contributed by atoms with Gasteiger partial charge in [0.1, 0.15) is 11.6 Å². The SMILES string of the molecule is CN=C(NCCCc1ccc(OC)cc1)NCCCn1c(C)nc2ccccc21. The van der Waals surface area contributed by atoms with E-state index in [1.54, 1.807) is 7.11 Å². The second kappa shape index (κ2) is 10.5. The number of methoxy groups -OCH3 is 1. The van der Waals surface area contributed by atoms with Gasteiger partial charge < -0.3 is 19.9 Å². The summed E-state index contributed by atoms with van der Waals surface area (Å²) in [5.41, 5.74) is 3.58. The van der Waals surface area contributed by atoms with Crippen molar-refractivity contribution in [3.05, 3.63) is 59.9 Å². The molecule has 0 aliphatic carbocycles. The summed E-state index contributed by atoms with van der Waals surface area (Å²) in [6.07, 6.45) is 3.09. The summed E-state index contributed by atoms with van der Waals surface area (Å²) in [4.78, 5) is 8.94. The average molecular weight is 394 g/mol. The first kappa shape index (κ1) is 20.7. The average Bonchev–Trinajstić information content (AvgIpc) is 3.08. The highest BCUT2D eigenvalue weighted by molar-refractivity contribution is 5.79. The normalized spacial score (nSPS) is 11.6. The van der Waals surface area contributed by atoms with Crippen LogP contribution in [-0.2, 0) is 13.0 Å². The number of aromatic nitrogens is 2. The van der Waals surface area contributed by atoms with E-state index in [-0.39, 0.29) is 0 Å². The van der Waals surface area contributed by atoms with Crippen molar-refractivity contribution in [1.29, 1.82) is 0 Å². The lowest BCUT2D eigenvalue weighted by Gasteiger charge is -2.13. The first-order valence-electron chi connectivity index (χ1n) is 10.2. The van der Waals surface area contributed by atoms with Crippen LogP contribution in [0.2, 0.25) is 0 Å². The van der Waals surface area contributed by atoms with Gasteiger partial charge in [0.15, 0.2) is 5.96 Å². The number of fused-ring (bicyclic) bond motifs is 1. The van der Waals surface area contributed by atoms with Crippen LogP contribution in [-0.4, -0.2) is 42.8 Å². The molecule has 6 heteroatoms. The molecule has 3 rings (SSSR count). The minimum Gasteiger partial charge on any atom is -0.497 e. The maximum absolute atomic E-state index is 5.20. The van der Waals surface area contributed by atoms with Crippen LogP contribution in [0.4, 0.5) is 0 Å². The Morgan fingerprint density at radius 2 is 1.76 bits per heavy atom. The van der Waals surface area contributed by atoms with Gasteiger partial charge in [-0.05, 0) is 56.0 Å². The van der Waals surface area contributed by atoms with Crippen molar-refractivity contribution in [2.45, 2.75) is 32.7 Å². The first-order chi connectivity index (χ1) is 14.2. The third kappa shape index (κ3) is 5.73. The van der Waals surface area contributed by atoms with E-state index in [0.29, 0.717) is 0 Å². The summed E-state index contributed by atoms with van der Waals surface area (Å²) < 4.78 is 7.48. The smallest absolute Gasteiger partial charge is 0.190 e. The van der Waals surface area contributed by atoms with Crippen LogP contribution in [0.25, 0.3) is 11.0 Å². The van der Waals surface area contributed by atoms with E-state index in [2.05, 4.69) is 62.4 Å². The zero-order valence-corrected chi connectivity index (χ0v) is 17.6. The number of guanidine groups is 1. The number of rotatable bonds is 9. The number of nitrogens with one attached hydrogen (secondary N) is 2. The molecular weight excluding hydrogens is 362 g/mol. The van der Waals surface area contributed by atoms with Gasteiger partial charge in [-0.3, -0.25) is 4.99 Å². The summed E-state index contributed by atoms with van der Waals surface area (Å²) >= 11 is 0. The molecule has 29 heavy (non-hydrogen) atoms. The summed E-state index contributed by atoms with van der Waals surface area (Å²) in [5, 5.41) is 6.79. The van der Waals surface area contributed by atoms with Crippen molar-refractivity contribution < 1.29 is 4.74 Å². The highest BCUT2D eigenvalue weighted by Crippen LogP contribution is 2.15. The number of aliphatic imine (C=N–C) groups is 1. The summed E-state index contributed by atoms with van der Waals surface area (Å²) in [6.45, 7) is 4.76. The Labute approximate surface area is 173 Å². The number of nitrogens with zero attached hydrogens (tertiary/aromatic N) is 3. The van der Waals surface area contributed by atoms with Crippen molar-refractivity contribution in [1.82, 2.24) is 20.2 Å². The van der Waals surface area contributed by atoms with Crippen LogP contribution in [0.3, 0.4) is 0 Å². The zero-order chi connectivity index (χ0) is 20.5. The van der Waals surface area contributed by atoms with Crippen LogP contribution in [0.1, 0.15) is 24.2 Å². The van der Waals surface area contributed by atoms with Crippen molar-refractivity contribution in [3.63, 3.8) is 0 Å². The molecule has 0 amide bonds. The van der Waals surface area contributed by atoms with E-state index in [4.69, 9.17) is 4.74 Å². The fourth-order valence-corrected chi connectivity index (χ4v) is 3.43. The number of hydrogen-bond acceptors (Lipinski definition) is 3. The lowest BCUT2D eigenvalue weighted by Crippen LogP contribution is -2.38. The van der Waals surface area contributed by atoms with Crippen LogP contribution < -0.4 is 15.4 Å². The predicted octanol–water partition coefficient (Wildman–Crippen LogP) is 3.54. The van der Waals surface area contributed by atoms with Gasteiger partial charge in [-0.2, -0.15) is 0 Å². The molecule has 0 bridgehead atoms. The Morgan fingerprint density at radius 1 is 1.03 bits per heavy atom. The van der Waals surface area contributed by atoms with Gasteiger partial charge in [0, 0.05) is 26.7 Å². The topological polar surface area (TPSA) is 63.5 Å². The quantitative estimate of drug-likeness (QED) is 0.332. The van der Waals surface area contributed by atoms with Gasteiger partial charge in [0.2, 0.25) is 0 Å². The third-order valence-corrected chi connectivity index (χ3v) is 5.01. The molecule has 0 spiro atoms. The number of ether oxygens (including phenoxy) is 1. The Balaban J connectivity index is 1.36. The minimum atomic E-state index is 0.854. The molecule has 0 saturated carbocycles. The molecule has 0 aliphatic rings. The van der Waals surface area contributed by atoms with Crippen molar-refractivity contribution in [2.75, 3.05) is 27.2 Å². The molecule has 0 radical (unpaired) electrons. The fourth-order valence-electron chi connectivity index (χ4n) is 3.43. The second-order valence-corrected chi connectivity index (χ2v) is 7.03. The van der Waals surface area contributed by atoms with Crippen LogP contribution in [0, 0.1) is 6.92 Å². The number of para-hydroxylation sites is 2. The van der Waals surface area contributed by atoms with Gasteiger partial charge in [-0.15, -0.1) is 0 Å². The van der Waals surface area contributed by atoms with Crippen LogP contribution in [0.5, 0.6) is 5.75 Å². The molecule has 0 fully saturated rings. The molecule has 2 aromatic carbocycles. The Hall–Kier alpha value is -3.02. The predicted molar refractivity (Wildman–Crippen MR) is 120 cm³/mol. The summed E-state index contributed by atoms with van der Waals surface area (Å²) in [7, 11) is 3.50. The Kier molecular flexibility index (Phi) is 7.50. The summed E-state index contributed by atoms with van der Waals surface area (Å²) in [6, 6.07) is 16.5. The molecule has 3 aromatic rings. The highest BCUT2D eigenvalue weighted by Gasteiger charge is 2.06. The molecule has 0 unspecified atom stereocenters. The molecule has 154 valence electrons. The molecule has 1 aromatic heterocycles. The van der Waals surface area contributed by atoms with E-state index < -0.39 is 0 Å². The minimum absolute atomic E-state index is 0.854. The van der Waals surface area contributed by atoms with Crippen LogP contribution >= 0.6 is 0 Å². The monoisotopic (exact) mass is 393 g/mol. The Morgan fingerprint density at radius 3 is 2.48 bits per heavy atom. The molecule has 1 heterocycles. The van der Waals surface area contributed by atoms with Gasteiger partial charge in [-0.25, -0.2) is 4.98 Å². The zero-order valence-electron chi connectivity index (χ0n) is 17.6. The van der Waals surface area contributed by atoms with Crippen molar-refractivity contribution in [3.8, 4) is 5.75 Å². The molecule has 0 aliphatic heterocycles. The lowest BCUT2D eigenvalue weighted by atomic mass is 10.1. The van der Waals surface area contributed by atoms with E-state index in [9.17, 15) is 0 Å². The molecule has 0 atom stereocenters.